The lowest BCUT2D eigenvalue weighted by molar-refractivity contribution is -0.137. The SMILES string of the molecule is C.Cc1ccc(N2CCN(CCC(=O)N3CCC(Nc4cccc(C(F)(F)F)c4)CC3)CC2)cc1. The summed E-state index contributed by atoms with van der Waals surface area (Å²) in [5.41, 5.74) is 2.34. The first-order chi connectivity index (χ1) is 16.3. The molecule has 0 saturated carbocycles. The zero-order valence-corrected chi connectivity index (χ0v) is 19.7. The summed E-state index contributed by atoms with van der Waals surface area (Å²) in [5.74, 6) is 0.165. The Bertz CT molecular complexity index is 948. The number of likely N-dealkylation sites (tertiary alicyclic amines) is 1. The van der Waals surface area contributed by atoms with Crippen molar-refractivity contribution in [2.24, 2.45) is 0 Å². The summed E-state index contributed by atoms with van der Waals surface area (Å²) in [7, 11) is 0. The number of anilines is 2. The number of piperazine rings is 1. The highest BCUT2D eigenvalue weighted by Gasteiger charge is 2.31. The predicted molar refractivity (Wildman–Crippen MR) is 136 cm³/mol. The number of nitrogens with one attached hydrogen (secondary N) is 1. The molecular formula is C27H37F3N4O. The van der Waals surface area contributed by atoms with Crippen molar-refractivity contribution in [2.75, 3.05) is 56.0 Å². The van der Waals surface area contributed by atoms with Crippen LogP contribution < -0.4 is 10.2 Å². The van der Waals surface area contributed by atoms with Crippen LogP contribution in [0.3, 0.4) is 0 Å². The van der Waals surface area contributed by atoms with Gasteiger partial charge in [0.15, 0.2) is 0 Å². The van der Waals surface area contributed by atoms with Gasteiger partial charge in [-0.1, -0.05) is 31.2 Å². The molecule has 8 heteroatoms. The number of amides is 1. The van der Waals surface area contributed by atoms with Gasteiger partial charge in [0.1, 0.15) is 0 Å². The topological polar surface area (TPSA) is 38.8 Å². The van der Waals surface area contributed by atoms with Crippen molar-refractivity contribution in [1.29, 1.82) is 0 Å². The Balaban J connectivity index is 0.00000342. The number of carbonyl (C=O) groups excluding carboxylic acids is 1. The molecule has 2 aromatic rings. The molecule has 0 bridgehead atoms. The summed E-state index contributed by atoms with van der Waals surface area (Å²) in [5, 5.41) is 3.21. The summed E-state index contributed by atoms with van der Waals surface area (Å²) in [6.07, 6.45) is -2.37. The fraction of sp³-hybridized carbons (Fsp3) is 0.519. The number of aryl methyl sites for hydroxylation is 1. The van der Waals surface area contributed by atoms with Gasteiger partial charge >= 0.3 is 6.18 Å². The number of carbonyl (C=O) groups is 1. The van der Waals surface area contributed by atoms with E-state index in [4.69, 9.17) is 0 Å². The van der Waals surface area contributed by atoms with E-state index in [9.17, 15) is 18.0 Å². The molecule has 35 heavy (non-hydrogen) atoms. The molecule has 5 nitrogen and oxygen atoms in total. The molecular weight excluding hydrogens is 453 g/mol. The number of piperidine rings is 1. The molecule has 2 heterocycles. The van der Waals surface area contributed by atoms with Crippen molar-refractivity contribution in [3.63, 3.8) is 0 Å². The number of hydrogen-bond donors (Lipinski definition) is 1. The molecule has 2 saturated heterocycles. The third kappa shape index (κ3) is 7.37. The molecule has 0 aromatic heterocycles. The van der Waals surface area contributed by atoms with Gasteiger partial charge in [-0.2, -0.15) is 13.2 Å². The van der Waals surface area contributed by atoms with Crippen molar-refractivity contribution in [1.82, 2.24) is 9.80 Å². The van der Waals surface area contributed by atoms with Crippen molar-refractivity contribution in [2.45, 2.75) is 45.8 Å². The van der Waals surface area contributed by atoms with E-state index in [1.807, 2.05) is 4.90 Å². The van der Waals surface area contributed by atoms with Crippen molar-refractivity contribution in [3.8, 4) is 0 Å². The highest BCUT2D eigenvalue weighted by Crippen LogP contribution is 2.31. The molecule has 1 amide bonds. The second-order valence-electron chi connectivity index (χ2n) is 9.29. The van der Waals surface area contributed by atoms with Crippen molar-refractivity contribution >= 4 is 17.3 Å². The molecule has 2 fully saturated rings. The normalized spacial score (nSPS) is 17.7. The maximum absolute atomic E-state index is 12.9. The van der Waals surface area contributed by atoms with Gasteiger partial charge in [0, 0.05) is 69.7 Å². The van der Waals surface area contributed by atoms with E-state index in [1.165, 1.54) is 17.3 Å². The van der Waals surface area contributed by atoms with E-state index in [1.54, 1.807) is 6.07 Å². The largest absolute Gasteiger partial charge is 0.416 e. The van der Waals surface area contributed by atoms with Gasteiger partial charge in [-0.15, -0.1) is 0 Å². The van der Waals surface area contributed by atoms with E-state index in [0.717, 1.165) is 57.7 Å². The van der Waals surface area contributed by atoms with E-state index in [0.29, 0.717) is 25.2 Å². The maximum Gasteiger partial charge on any atom is 0.416 e. The van der Waals surface area contributed by atoms with E-state index >= 15 is 0 Å². The minimum absolute atomic E-state index is 0. The zero-order valence-electron chi connectivity index (χ0n) is 19.7. The maximum atomic E-state index is 12.9. The van der Waals surface area contributed by atoms with Gasteiger partial charge in [-0.25, -0.2) is 0 Å². The van der Waals surface area contributed by atoms with Gasteiger partial charge in [-0.3, -0.25) is 9.69 Å². The molecule has 2 aliphatic rings. The highest BCUT2D eigenvalue weighted by molar-refractivity contribution is 5.76. The highest BCUT2D eigenvalue weighted by atomic mass is 19.4. The van der Waals surface area contributed by atoms with E-state index in [-0.39, 0.29) is 19.4 Å². The number of halogens is 3. The van der Waals surface area contributed by atoms with Crippen molar-refractivity contribution < 1.29 is 18.0 Å². The van der Waals surface area contributed by atoms with Crippen LogP contribution in [-0.2, 0) is 11.0 Å². The van der Waals surface area contributed by atoms with E-state index < -0.39 is 11.7 Å². The Labute approximate surface area is 206 Å². The molecule has 2 aromatic carbocycles. The summed E-state index contributed by atoms with van der Waals surface area (Å²) in [4.78, 5) is 19.4. The molecule has 0 unspecified atom stereocenters. The average molecular weight is 491 g/mol. The molecule has 2 aliphatic heterocycles. The lowest BCUT2D eigenvalue weighted by Gasteiger charge is -2.37. The number of hydrogen-bond acceptors (Lipinski definition) is 4. The number of rotatable bonds is 6. The van der Waals surface area contributed by atoms with Crippen LogP contribution in [0, 0.1) is 6.92 Å². The van der Waals surface area contributed by atoms with Crippen LogP contribution in [0.15, 0.2) is 48.5 Å². The predicted octanol–water partition coefficient (Wildman–Crippen LogP) is 5.27. The Kier molecular flexibility index (Phi) is 9.05. The van der Waals surface area contributed by atoms with Crippen LogP contribution in [0.5, 0.6) is 0 Å². The number of nitrogens with zero attached hydrogens (tertiary/aromatic N) is 3. The Morgan fingerprint density at radius 3 is 2.26 bits per heavy atom. The smallest absolute Gasteiger partial charge is 0.382 e. The lowest BCUT2D eigenvalue weighted by Crippen LogP contribution is -2.48. The van der Waals surface area contributed by atoms with Crippen LogP contribution in [-0.4, -0.2) is 67.6 Å². The quantitative estimate of drug-likeness (QED) is 0.599. The second-order valence-corrected chi connectivity index (χ2v) is 9.29. The first-order valence-electron chi connectivity index (χ1n) is 12.0. The Morgan fingerprint density at radius 2 is 1.63 bits per heavy atom. The monoisotopic (exact) mass is 490 g/mol. The van der Waals surface area contributed by atoms with Gasteiger partial charge in [0.05, 0.1) is 5.56 Å². The fourth-order valence-electron chi connectivity index (χ4n) is 4.69. The molecule has 1 N–H and O–H groups in total. The van der Waals surface area contributed by atoms with Gasteiger partial charge in [-0.05, 0) is 50.1 Å². The molecule has 192 valence electrons. The standard InChI is InChI=1S/C26H33F3N4O.CH4/c1-20-5-7-24(8-6-20)32-17-15-31(16-18-32)12-11-25(34)33-13-9-22(10-14-33)30-23-4-2-3-21(19-23)26(27,28)29;/h2-8,19,22,30H,9-18H2,1H3;1H4. The third-order valence-electron chi connectivity index (χ3n) is 6.82. The lowest BCUT2D eigenvalue weighted by atomic mass is 10.0. The molecule has 0 radical (unpaired) electrons. The van der Waals surface area contributed by atoms with Crippen LogP contribution in [0.4, 0.5) is 24.5 Å². The third-order valence-corrected chi connectivity index (χ3v) is 6.82. The molecule has 0 aliphatic carbocycles. The van der Waals surface area contributed by atoms with Gasteiger partial charge in [0.25, 0.3) is 0 Å². The molecule has 0 spiro atoms. The average Bonchev–Trinajstić information content (AvgIpc) is 2.83. The molecule has 4 rings (SSSR count). The summed E-state index contributed by atoms with van der Waals surface area (Å²) in [6.45, 7) is 7.95. The van der Waals surface area contributed by atoms with Crippen LogP contribution >= 0.6 is 0 Å². The Morgan fingerprint density at radius 1 is 0.971 bits per heavy atom. The summed E-state index contributed by atoms with van der Waals surface area (Å²) >= 11 is 0. The summed E-state index contributed by atoms with van der Waals surface area (Å²) < 4.78 is 38.8. The van der Waals surface area contributed by atoms with Crippen molar-refractivity contribution in [3.05, 3.63) is 59.7 Å². The minimum Gasteiger partial charge on any atom is -0.382 e. The second kappa shape index (κ2) is 11.8. The first-order valence-corrected chi connectivity index (χ1v) is 12.0. The van der Waals surface area contributed by atoms with Gasteiger partial charge < -0.3 is 15.1 Å². The minimum atomic E-state index is -4.35. The summed E-state index contributed by atoms with van der Waals surface area (Å²) in [6, 6.07) is 14.0. The number of benzene rings is 2. The zero-order chi connectivity index (χ0) is 24.1. The van der Waals surface area contributed by atoms with Crippen LogP contribution in [0.25, 0.3) is 0 Å². The Hall–Kier alpha value is -2.74. The first kappa shape index (κ1) is 26.9. The molecule has 0 atom stereocenters. The number of alkyl halides is 3. The van der Waals surface area contributed by atoms with Gasteiger partial charge in [0.2, 0.25) is 5.91 Å². The fourth-order valence-corrected chi connectivity index (χ4v) is 4.69. The van der Waals surface area contributed by atoms with E-state index in [2.05, 4.69) is 46.3 Å². The van der Waals surface area contributed by atoms with Crippen LogP contribution in [0.2, 0.25) is 0 Å². The van der Waals surface area contributed by atoms with Crippen LogP contribution in [0.1, 0.15) is 37.8 Å².